The van der Waals surface area contributed by atoms with Gasteiger partial charge in [0, 0.05) is 6.20 Å². The van der Waals surface area contributed by atoms with Gasteiger partial charge in [-0.3, -0.25) is 4.98 Å². The van der Waals surface area contributed by atoms with E-state index in [0.717, 1.165) is 5.69 Å². The van der Waals surface area contributed by atoms with Gasteiger partial charge in [-0.25, -0.2) is 0 Å². The maximum atomic E-state index is 6.12. The molecule has 0 bridgehead atoms. The number of nitrogens with two attached hydrogens (primary N) is 1. The van der Waals surface area contributed by atoms with E-state index in [1.807, 2.05) is 36.2 Å². The van der Waals surface area contributed by atoms with Crippen LogP contribution in [0, 0.1) is 5.92 Å². The first-order chi connectivity index (χ1) is 6.38. The summed E-state index contributed by atoms with van der Waals surface area (Å²) >= 11 is 2.00. The number of hydrogen-bond donors (Lipinski definition) is 1. The molecule has 1 aromatic rings. The molecular weight excluding hydrogens is 180 g/mol. The Balaban J connectivity index is 2.08. The topological polar surface area (TPSA) is 38.9 Å². The Kier molecular flexibility index (Phi) is 2.86. The van der Waals surface area contributed by atoms with E-state index in [-0.39, 0.29) is 6.04 Å². The monoisotopic (exact) mass is 194 g/mol. The van der Waals surface area contributed by atoms with Crippen LogP contribution in [0.1, 0.15) is 18.2 Å². The van der Waals surface area contributed by atoms with Crippen LogP contribution >= 0.6 is 11.8 Å². The van der Waals surface area contributed by atoms with Gasteiger partial charge in [0.15, 0.2) is 0 Å². The summed E-state index contributed by atoms with van der Waals surface area (Å²) in [5.74, 6) is 3.07. The normalized spacial score (nSPS) is 24.5. The van der Waals surface area contributed by atoms with Gasteiger partial charge in [0.2, 0.25) is 0 Å². The quantitative estimate of drug-likeness (QED) is 0.780. The second-order valence-electron chi connectivity index (χ2n) is 3.40. The molecule has 13 heavy (non-hydrogen) atoms. The fraction of sp³-hybridized carbons (Fsp3) is 0.500. The van der Waals surface area contributed by atoms with Crippen LogP contribution in [0.15, 0.2) is 24.4 Å². The van der Waals surface area contributed by atoms with Gasteiger partial charge >= 0.3 is 0 Å². The highest BCUT2D eigenvalue weighted by atomic mass is 32.2. The second kappa shape index (κ2) is 4.11. The van der Waals surface area contributed by atoms with E-state index < -0.39 is 0 Å². The van der Waals surface area contributed by atoms with Crippen molar-refractivity contribution in [3.63, 3.8) is 0 Å². The number of thioether (sulfide) groups is 1. The predicted molar refractivity (Wildman–Crippen MR) is 56.6 cm³/mol. The summed E-state index contributed by atoms with van der Waals surface area (Å²) < 4.78 is 0. The highest BCUT2D eigenvalue weighted by molar-refractivity contribution is 7.99. The number of rotatable bonds is 2. The lowest BCUT2D eigenvalue weighted by molar-refractivity contribution is 0.473. The van der Waals surface area contributed by atoms with Gasteiger partial charge < -0.3 is 5.73 Å². The van der Waals surface area contributed by atoms with Gasteiger partial charge in [0.25, 0.3) is 0 Å². The van der Waals surface area contributed by atoms with Crippen LogP contribution in [-0.2, 0) is 0 Å². The van der Waals surface area contributed by atoms with E-state index in [0.29, 0.717) is 5.92 Å². The third kappa shape index (κ3) is 2.03. The molecule has 1 aliphatic rings. The van der Waals surface area contributed by atoms with Crippen LogP contribution in [0.3, 0.4) is 0 Å². The van der Waals surface area contributed by atoms with Crippen molar-refractivity contribution in [1.82, 2.24) is 4.98 Å². The van der Waals surface area contributed by atoms with Crippen molar-refractivity contribution in [3.8, 4) is 0 Å². The average molecular weight is 194 g/mol. The van der Waals surface area contributed by atoms with Crippen LogP contribution in [-0.4, -0.2) is 16.5 Å². The van der Waals surface area contributed by atoms with E-state index in [9.17, 15) is 0 Å². The summed E-state index contributed by atoms with van der Waals surface area (Å²) in [5, 5.41) is 0. The molecule has 0 aliphatic carbocycles. The molecule has 2 unspecified atom stereocenters. The minimum absolute atomic E-state index is 0.135. The molecule has 0 radical (unpaired) electrons. The number of aromatic nitrogens is 1. The minimum atomic E-state index is 0.135. The van der Waals surface area contributed by atoms with Crippen LogP contribution in [0.25, 0.3) is 0 Å². The van der Waals surface area contributed by atoms with Gasteiger partial charge in [0.1, 0.15) is 0 Å². The van der Waals surface area contributed by atoms with Gasteiger partial charge in [-0.05, 0) is 36.0 Å². The van der Waals surface area contributed by atoms with Crippen molar-refractivity contribution in [2.24, 2.45) is 11.7 Å². The molecule has 0 saturated carbocycles. The molecule has 70 valence electrons. The second-order valence-corrected chi connectivity index (χ2v) is 4.55. The van der Waals surface area contributed by atoms with Crippen molar-refractivity contribution in [2.45, 2.75) is 12.5 Å². The summed E-state index contributed by atoms with van der Waals surface area (Å²) in [7, 11) is 0. The van der Waals surface area contributed by atoms with Crippen LogP contribution in [0.5, 0.6) is 0 Å². The van der Waals surface area contributed by atoms with Crippen LogP contribution in [0.4, 0.5) is 0 Å². The van der Waals surface area contributed by atoms with E-state index in [2.05, 4.69) is 4.98 Å². The van der Waals surface area contributed by atoms with Crippen molar-refractivity contribution in [1.29, 1.82) is 0 Å². The molecule has 0 spiro atoms. The predicted octanol–water partition coefficient (Wildman–Crippen LogP) is 1.83. The van der Waals surface area contributed by atoms with Gasteiger partial charge in [0.05, 0.1) is 11.7 Å². The molecule has 0 amide bonds. The lowest BCUT2D eigenvalue weighted by atomic mass is 9.97. The Morgan fingerprint density at radius 1 is 1.54 bits per heavy atom. The van der Waals surface area contributed by atoms with Crippen LogP contribution in [0.2, 0.25) is 0 Å². The molecule has 3 heteroatoms. The average Bonchev–Trinajstić information content (AvgIpc) is 2.71. The molecule has 2 nitrogen and oxygen atoms in total. The zero-order valence-corrected chi connectivity index (χ0v) is 8.33. The van der Waals surface area contributed by atoms with Crippen molar-refractivity contribution in [3.05, 3.63) is 30.1 Å². The smallest absolute Gasteiger partial charge is 0.0574 e. The zero-order chi connectivity index (χ0) is 9.10. The molecule has 2 rings (SSSR count). The summed E-state index contributed by atoms with van der Waals surface area (Å²) in [4.78, 5) is 4.29. The molecule has 2 atom stereocenters. The third-order valence-electron chi connectivity index (χ3n) is 2.50. The molecule has 2 heterocycles. The Hall–Kier alpha value is -0.540. The number of hydrogen-bond acceptors (Lipinski definition) is 3. The summed E-state index contributed by atoms with van der Waals surface area (Å²) in [6.07, 6.45) is 3.06. The molecule has 1 aromatic heterocycles. The van der Waals surface area contributed by atoms with E-state index in [4.69, 9.17) is 5.73 Å². The third-order valence-corrected chi connectivity index (χ3v) is 3.69. The Morgan fingerprint density at radius 2 is 2.46 bits per heavy atom. The first-order valence-corrected chi connectivity index (χ1v) is 5.77. The molecule has 1 aliphatic heterocycles. The molecule has 1 fully saturated rings. The minimum Gasteiger partial charge on any atom is -0.322 e. The molecule has 1 saturated heterocycles. The summed E-state index contributed by atoms with van der Waals surface area (Å²) in [6, 6.07) is 6.09. The lowest BCUT2D eigenvalue weighted by Crippen LogP contribution is -2.21. The number of nitrogens with zero attached hydrogens (tertiary/aromatic N) is 1. The standard InChI is InChI=1S/C10H14N2S/c11-10(8-4-6-13-7-8)9-3-1-2-5-12-9/h1-3,5,8,10H,4,6-7,11H2. The van der Waals surface area contributed by atoms with Gasteiger partial charge in [-0.1, -0.05) is 6.07 Å². The van der Waals surface area contributed by atoms with E-state index >= 15 is 0 Å². The van der Waals surface area contributed by atoms with E-state index in [1.165, 1.54) is 17.9 Å². The first kappa shape index (κ1) is 9.03. The Bertz CT molecular complexity index is 257. The fourth-order valence-corrected chi connectivity index (χ4v) is 2.96. The van der Waals surface area contributed by atoms with Gasteiger partial charge in [-0.2, -0.15) is 11.8 Å². The molecule has 2 N–H and O–H groups in total. The maximum Gasteiger partial charge on any atom is 0.0574 e. The number of pyridine rings is 1. The summed E-state index contributed by atoms with van der Waals surface area (Å²) in [6.45, 7) is 0. The SMILES string of the molecule is NC(c1ccccn1)C1CCSC1. The lowest BCUT2D eigenvalue weighted by Gasteiger charge is -2.16. The van der Waals surface area contributed by atoms with Crippen molar-refractivity contribution < 1.29 is 0 Å². The van der Waals surface area contributed by atoms with E-state index in [1.54, 1.807) is 0 Å². The first-order valence-electron chi connectivity index (χ1n) is 4.62. The Labute approximate surface area is 82.9 Å². The fourth-order valence-electron chi connectivity index (χ4n) is 1.65. The Morgan fingerprint density at radius 3 is 3.08 bits per heavy atom. The van der Waals surface area contributed by atoms with Crippen molar-refractivity contribution >= 4 is 11.8 Å². The highest BCUT2D eigenvalue weighted by Crippen LogP contribution is 2.31. The summed E-state index contributed by atoms with van der Waals surface area (Å²) in [5.41, 5.74) is 7.16. The van der Waals surface area contributed by atoms with Crippen molar-refractivity contribution in [2.75, 3.05) is 11.5 Å². The van der Waals surface area contributed by atoms with Gasteiger partial charge in [-0.15, -0.1) is 0 Å². The zero-order valence-electron chi connectivity index (χ0n) is 7.52. The molecule has 0 aromatic carbocycles. The molecular formula is C10H14N2S. The maximum absolute atomic E-state index is 6.12. The van der Waals surface area contributed by atoms with Crippen LogP contribution < -0.4 is 5.73 Å². The highest BCUT2D eigenvalue weighted by Gasteiger charge is 2.24. The largest absolute Gasteiger partial charge is 0.322 e.